The number of carbonyl (C=O) groups is 3. The number of amides is 3. The average Bonchev–Trinajstić information content (AvgIpc) is 3.30. The van der Waals surface area contributed by atoms with Gasteiger partial charge in [-0.25, -0.2) is 0 Å². The maximum Gasteiger partial charge on any atom is 0.269 e. The molecule has 1 heterocycles. The summed E-state index contributed by atoms with van der Waals surface area (Å²) in [4.78, 5) is 37.4. The molecule has 0 radical (unpaired) electrons. The van der Waals surface area contributed by atoms with E-state index in [2.05, 4.69) is 21.5 Å². The number of anilines is 1. The highest BCUT2D eigenvalue weighted by molar-refractivity contribution is 7.80. The second kappa shape index (κ2) is 11.0. The molecule has 0 saturated carbocycles. The quantitative estimate of drug-likeness (QED) is 0.262. The van der Waals surface area contributed by atoms with Crippen molar-refractivity contribution >= 4 is 58.2 Å². The van der Waals surface area contributed by atoms with Crippen LogP contribution in [0.5, 0.6) is 0 Å². The Balaban J connectivity index is 1.47. The third-order valence-electron chi connectivity index (χ3n) is 4.26. The van der Waals surface area contributed by atoms with E-state index < -0.39 is 11.8 Å². The van der Waals surface area contributed by atoms with E-state index >= 15 is 0 Å². The van der Waals surface area contributed by atoms with E-state index in [1.807, 2.05) is 36.6 Å². The summed E-state index contributed by atoms with van der Waals surface area (Å²) >= 11 is 6.51. The van der Waals surface area contributed by atoms with Gasteiger partial charge in [0, 0.05) is 27.8 Å². The zero-order chi connectivity index (χ0) is 22.9. The van der Waals surface area contributed by atoms with E-state index in [9.17, 15) is 14.4 Å². The molecule has 1 aromatic heterocycles. The summed E-state index contributed by atoms with van der Waals surface area (Å²) in [6.45, 7) is 1.86. The number of rotatable bonds is 5. The summed E-state index contributed by atoms with van der Waals surface area (Å²) in [5.74, 6) is -1.09. The van der Waals surface area contributed by atoms with E-state index in [1.54, 1.807) is 42.5 Å². The molecule has 0 aliphatic rings. The van der Waals surface area contributed by atoms with Crippen LogP contribution in [-0.2, 0) is 4.79 Å². The fourth-order valence-electron chi connectivity index (χ4n) is 2.65. The first-order valence-corrected chi connectivity index (χ1v) is 10.8. The molecule has 7 nitrogen and oxygen atoms in total. The van der Waals surface area contributed by atoms with Crippen molar-refractivity contribution in [3.8, 4) is 0 Å². The lowest BCUT2D eigenvalue weighted by molar-refractivity contribution is -0.115. The highest BCUT2D eigenvalue weighted by Crippen LogP contribution is 2.13. The van der Waals surface area contributed by atoms with Crippen LogP contribution in [0, 0.1) is 6.92 Å². The van der Waals surface area contributed by atoms with E-state index in [1.165, 1.54) is 17.4 Å². The standard InChI is InChI=1S/C23H20N4O3S2/c1-15-5-2-3-7-19(15)22(30)24-17-10-8-16(9-11-17)21(29)26-27-23(31)25-20(28)13-12-18-6-4-14-32-18/h2-14H,1H3,(H,24,30)(H,26,29)(H2,25,27,28,31)/b13-12+. The second-order valence-electron chi connectivity index (χ2n) is 6.59. The Labute approximate surface area is 194 Å². The van der Waals surface area contributed by atoms with Crippen molar-refractivity contribution < 1.29 is 14.4 Å². The van der Waals surface area contributed by atoms with Crippen molar-refractivity contribution in [2.45, 2.75) is 6.92 Å². The molecule has 162 valence electrons. The van der Waals surface area contributed by atoms with Gasteiger partial charge in [0.25, 0.3) is 11.8 Å². The van der Waals surface area contributed by atoms with Crippen LogP contribution in [0.25, 0.3) is 6.08 Å². The smallest absolute Gasteiger partial charge is 0.269 e. The van der Waals surface area contributed by atoms with Gasteiger partial charge in [-0.15, -0.1) is 11.3 Å². The molecule has 32 heavy (non-hydrogen) atoms. The Kier molecular flexibility index (Phi) is 7.85. The average molecular weight is 465 g/mol. The SMILES string of the molecule is Cc1ccccc1C(=O)Nc1ccc(C(=O)NNC(=S)NC(=O)/C=C/c2cccs2)cc1. The first-order valence-electron chi connectivity index (χ1n) is 9.52. The molecule has 3 aromatic rings. The van der Waals surface area contributed by atoms with Crippen molar-refractivity contribution in [1.29, 1.82) is 0 Å². The van der Waals surface area contributed by atoms with E-state index in [0.29, 0.717) is 16.8 Å². The highest BCUT2D eigenvalue weighted by Gasteiger charge is 2.10. The Bertz CT molecular complexity index is 1160. The zero-order valence-corrected chi connectivity index (χ0v) is 18.7. The normalized spacial score (nSPS) is 10.4. The summed E-state index contributed by atoms with van der Waals surface area (Å²) in [5.41, 5.74) is 7.25. The minimum absolute atomic E-state index is 0.0405. The number of aryl methyl sites for hydroxylation is 1. The Hall–Kier alpha value is -3.82. The predicted molar refractivity (Wildman–Crippen MR) is 130 cm³/mol. The van der Waals surface area contributed by atoms with E-state index in [4.69, 9.17) is 12.2 Å². The number of thiocarbonyl (C=S) groups is 1. The molecular weight excluding hydrogens is 444 g/mol. The number of hydrazine groups is 1. The second-order valence-corrected chi connectivity index (χ2v) is 7.98. The number of benzene rings is 2. The summed E-state index contributed by atoms with van der Waals surface area (Å²) in [6, 6.07) is 17.4. The molecule has 0 aliphatic carbocycles. The van der Waals surface area contributed by atoms with Gasteiger partial charge in [-0.05, 0) is 72.6 Å². The Morgan fingerprint density at radius 3 is 2.34 bits per heavy atom. The molecular formula is C23H20N4O3S2. The fourth-order valence-corrected chi connectivity index (χ4v) is 3.42. The van der Waals surface area contributed by atoms with E-state index in [-0.39, 0.29) is 11.0 Å². The van der Waals surface area contributed by atoms with Crippen molar-refractivity contribution in [3.05, 3.63) is 93.7 Å². The van der Waals surface area contributed by atoms with Gasteiger partial charge in [0.1, 0.15) is 0 Å². The van der Waals surface area contributed by atoms with Gasteiger partial charge in [0.2, 0.25) is 5.91 Å². The summed E-state index contributed by atoms with van der Waals surface area (Å²) in [7, 11) is 0. The summed E-state index contributed by atoms with van der Waals surface area (Å²) in [6.07, 6.45) is 3.02. The van der Waals surface area contributed by atoms with Crippen LogP contribution in [0.3, 0.4) is 0 Å². The molecule has 0 fully saturated rings. The van der Waals surface area contributed by atoms with Crippen molar-refractivity contribution in [3.63, 3.8) is 0 Å². The Morgan fingerprint density at radius 2 is 1.66 bits per heavy atom. The monoisotopic (exact) mass is 464 g/mol. The van der Waals surface area contributed by atoms with Gasteiger partial charge in [-0.1, -0.05) is 24.3 Å². The Morgan fingerprint density at radius 1 is 0.906 bits per heavy atom. The number of hydrogen-bond acceptors (Lipinski definition) is 5. The van der Waals surface area contributed by atoms with Gasteiger partial charge in [-0.2, -0.15) is 0 Å². The maximum absolute atomic E-state index is 12.4. The summed E-state index contributed by atoms with van der Waals surface area (Å²) < 4.78 is 0. The number of thiophene rings is 1. The van der Waals surface area contributed by atoms with Crippen LogP contribution in [0.1, 0.15) is 31.2 Å². The third-order valence-corrected chi connectivity index (χ3v) is 5.30. The first kappa shape index (κ1) is 22.9. The minimum Gasteiger partial charge on any atom is -0.322 e. The predicted octanol–water partition coefficient (Wildman–Crippen LogP) is 3.66. The number of hydrogen-bond donors (Lipinski definition) is 4. The molecule has 0 aliphatic heterocycles. The molecule has 4 N–H and O–H groups in total. The molecule has 2 aromatic carbocycles. The molecule has 0 unspecified atom stereocenters. The lowest BCUT2D eigenvalue weighted by Gasteiger charge is -2.11. The molecule has 3 rings (SSSR count). The van der Waals surface area contributed by atoms with Crippen molar-refractivity contribution in [2.24, 2.45) is 0 Å². The van der Waals surface area contributed by atoms with Gasteiger partial charge in [0.05, 0.1) is 0 Å². The molecule has 0 spiro atoms. The molecule has 9 heteroatoms. The van der Waals surface area contributed by atoms with Crippen LogP contribution >= 0.6 is 23.6 Å². The molecule has 3 amide bonds. The van der Waals surface area contributed by atoms with Gasteiger partial charge in [-0.3, -0.25) is 30.6 Å². The van der Waals surface area contributed by atoms with Crippen molar-refractivity contribution in [1.82, 2.24) is 16.2 Å². The minimum atomic E-state index is -0.451. The number of carbonyl (C=O) groups excluding carboxylic acids is 3. The van der Waals surface area contributed by atoms with Crippen LogP contribution < -0.4 is 21.5 Å². The third kappa shape index (κ3) is 6.59. The lowest BCUT2D eigenvalue weighted by Crippen LogP contribution is -2.48. The lowest BCUT2D eigenvalue weighted by atomic mass is 10.1. The van der Waals surface area contributed by atoms with E-state index in [0.717, 1.165) is 10.4 Å². The van der Waals surface area contributed by atoms with Crippen LogP contribution in [0.15, 0.2) is 72.1 Å². The summed E-state index contributed by atoms with van der Waals surface area (Å²) in [5, 5.41) is 7.10. The van der Waals surface area contributed by atoms with Gasteiger partial charge >= 0.3 is 0 Å². The molecule has 0 saturated heterocycles. The molecule has 0 atom stereocenters. The van der Waals surface area contributed by atoms with Gasteiger partial charge in [0.15, 0.2) is 5.11 Å². The number of nitrogens with one attached hydrogen (secondary N) is 4. The fraction of sp³-hybridized carbons (Fsp3) is 0.0435. The molecule has 0 bridgehead atoms. The largest absolute Gasteiger partial charge is 0.322 e. The first-order chi connectivity index (χ1) is 15.4. The van der Waals surface area contributed by atoms with Crippen LogP contribution in [-0.4, -0.2) is 22.8 Å². The topological polar surface area (TPSA) is 99.3 Å². The van der Waals surface area contributed by atoms with Crippen molar-refractivity contribution in [2.75, 3.05) is 5.32 Å². The van der Waals surface area contributed by atoms with Crippen LogP contribution in [0.2, 0.25) is 0 Å². The van der Waals surface area contributed by atoms with Crippen LogP contribution in [0.4, 0.5) is 5.69 Å². The zero-order valence-electron chi connectivity index (χ0n) is 17.0. The van der Waals surface area contributed by atoms with Gasteiger partial charge < -0.3 is 5.32 Å². The highest BCUT2D eigenvalue weighted by atomic mass is 32.1. The maximum atomic E-state index is 12.4.